The van der Waals surface area contributed by atoms with Crippen molar-refractivity contribution in [2.24, 2.45) is 22.7 Å². The van der Waals surface area contributed by atoms with E-state index in [1.165, 1.54) is 51.4 Å². The van der Waals surface area contributed by atoms with Crippen molar-refractivity contribution in [1.29, 1.82) is 0 Å². The number of nitrogens with one attached hydrogen (secondary N) is 1. The van der Waals surface area contributed by atoms with Crippen LogP contribution >= 0.6 is 11.6 Å². The van der Waals surface area contributed by atoms with Crippen LogP contribution in [-0.2, 0) is 28.6 Å². The van der Waals surface area contributed by atoms with Crippen LogP contribution in [0, 0.1) is 22.7 Å². The Hall–Kier alpha value is -2.79. The van der Waals surface area contributed by atoms with E-state index in [0.717, 1.165) is 83.5 Å². The summed E-state index contributed by atoms with van der Waals surface area (Å²) in [4.78, 5) is 53.5. The summed E-state index contributed by atoms with van der Waals surface area (Å²) < 4.78 is 20.9. The number of aromatic nitrogens is 4. The molecular formula is C41H60ClN5O6. The molecule has 1 aliphatic heterocycles. The predicted molar refractivity (Wildman–Crippen MR) is 202 cm³/mol. The minimum absolute atomic E-state index is 0.0284. The number of esters is 2. The van der Waals surface area contributed by atoms with Gasteiger partial charge < -0.3 is 19.5 Å². The molecule has 0 aromatic carbocycles. The summed E-state index contributed by atoms with van der Waals surface area (Å²) in [5.41, 5.74) is 0.539. The number of anilines is 1. The smallest absolute Gasteiger partial charge is 0.309 e. The molecule has 12 heteroatoms. The molecule has 5 aliphatic rings. The molecule has 2 aromatic rings. The maximum absolute atomic E-state index is 13.8. The van der Waals surface area contributed by atoms with Crippen molar-refractivity contribution in [2.45, 2.75) is 179 Å². The average Bonchev–Trinajstić information content (AvgIpc) is 3.96. The molecule has 2 aromatic heterocycles. The van der Waals surface area contributed by atoms with Gasteiger partial charge in [0.1, 0.15) is 24.5 Å². The van der Waals surface area contributed by atoms with Gasteiger partial charge in [0.25, 0.3) is 0 Å². The number of amides is 1. The quantitative estimate of drug-likeness (QED) is 0.121. The van der Waals surface area contributed by atoms with Crippen molar-refractivity contribution >= 4 is 46.4 Å². The first-order valence-electron chi connectivity index (χ1n) is 20.8. The summed E-state index contributed by atoms with van der Waals surface area (Å²) in [7, 11) is 0. The number of fused-ring (bicyclic) bond motifs is 1. The molecule has 1 amide bonds. The monoisotopic (exact) mass is 753 g/mol. The van der Waals surface area contributed by atoms with Gasteiger partial charge >= 0.3 is 11.9 Å². The van der Waals surface area contributed by atoms with Gasteiger partial charge in [-0.25, -0.2) is 4.98 Å². The minimum atomic E-state index is -1.10. The van der Waals surface area contributed by atoms with Crippen LogP contribution in [0.1, 0.15) is 168 Å². The molecule has 7 rings (SSSR count). The fourth-order valence-corrected chi connectivity index (χ4v) is 10.5. The second-order valence-corrected chi connectivity index (χ2v) is 17.8. The van der Waals surface area contributed by atoms with Crippen LogP contribution in [0.5, 0.6) is 0 Å². The van der Waals surface area contributed by atoms with Crippen LogP contribution in [0.25, 0.3) is 11.2 Å². The van der Waals surface area contributed by atoms with E-state index in [0.29, 0.717) is 34.8 Å². The number of unbranched alkanes of at least 4 members (excludes halogenated alkanes) is 4. The molecule has 11 nitrogen and oxygen atoms in total. The zero-order valence-electron chi connectivity index (χ0n) is 32.0. The molecule has 292 valence electrons. The molecule has 3 heterocycles. The summed E-state index contributed by atoms with van der Waals surface area (Å²) in [6, 6.07) is 0. The fourth-order valence-electron chi connectivity index (χ4n) is 10.4. The van der Waals surface area contributed by atoms with Crippen LogP contribution < -0.4 is 5.32 Å². The van der Waals surface area contributed by atoms with Crippen molar-refractivity contribution in [3.63, 3.8) is 0 Å². The highest BCUT2D eigenvalue weighted by molar-refractivity contribution is 6.28. The van der Waals surface area contributed by atoms with Gasteiger partial charge in [-0.2, -0.15) is 9.97 Å². The van der Waals surface area contributed by atoms with Crippen LogP contribution in [0.3, 0.4) is 0 Å². The highest BCUT2D eigenvalue weighted by atomic mass is 35.5. The molecule has 0 radical (unpaired) electrons. The third kappa shape index (κ3) is 8.71. The van der Waals surface area contributed by atoms with Gasteiger partial charge in [0.05, 0.1) is 18.2 Å². The number of imidazole rings is 1. The van der Waals surface area contributed by atoms with E-state index < -0.39 is 17.9 Å². The lowest BCUT2D eigenvalue weighted by Crippen LogP contribution is -2.45. The van der Waals surface area contributed by atoms with Crippen molar-refractivity contribution < 1.29 is 28.6 Å². The largest absolute Gasteiger partial charge is 0.462 e. The second-order valence-electron chi connectivity index (χ2n) is 17.5. The number of rotatable bonds is 13. The van der Waals surface area contributed by atoms with Crippen LogP contribution in [0.2, 0.25) is 5.28 Å². The molecule has 3 atom stereocenters. The molecule has 0 bridgehead atoms. The van der Waals surface area contributed by atoms with E-state index in [1.54, 1.807) is 10.9 Å². The van der Waals surface area contributed by atoms with E-state index in [2.05, 4.69) is 27.2 Å². The van der Waals surface area contributed by atoms with Gasteiger partial charge in [-0.05, 0) is 113 Å². The van der Waals surface area contributed by atoms with Gasteiger partial charge in [-0.15, -0.1) is 0 Å². The van der Waals surface area contributed by atoms with Crippen LogP contribution in [0.15, 0.2) is 6.33 Å². The third-order valence-electron chi connectivity index (χ3n) is 13.8. The van der Waals surface area contributed by atoms with E-state index in [4.69, 9.17) is 25.8 Å². The number of carbonyl (C=O) groups is 3. The second kappa shape index (κ2) is 16.5. The van der Waals surface area contributed by atoms with Crippen molar-refractivity contribution in [2.75, 3.05) is 11.9 Å². The van der Waals surface area contributed by atoms with Crippen LogP contribution in [-0.4, -0.2) is 55.7 Å². The Kier molecular flexibility index (Phi) is 12.0. The SMILES string of the molecule is CCCCCCCC(=O)Nc1nc(Cl)nc2c1ncn2[C@H]1C[C@H](OC(=O)C2CCC3(CCCC3)CC2)[C@@](C)(COC(=O)C2CCC3(CCCC3)CC2)O1. The Balaban J connectivity index is 1.05. The van der Waals surface area contributed by atoms with Crippen molar-refractivity contribution in [3.8, 4) is 0 Å². The van der Waals surface area contributed by atoms with Gasteiger partial charge in [0.2, 0.25) is 11.2 Å². The lowest BCUT2D eigenvalue weighted by atomic mass is 9.69. The minimum Gasteiger partial charge on any atom is -0.462 e. The summed E-state index contributed by atoms with van der Waals surface area (Å²) >= 11 is 6.40. The number of halogens is 1. The van der Waals surface area contributed by atoms with Crippen molar-refractivity contribution in [3.05, 3.63) is 11.6 Å². The molecule has 5 fully saturated rings. The molecule has 1 N–H and O–H groups in total. The fraction of sp³-hybridized carbons (Fsp3) is 0.805. The first-order valence-corrected chi connectivity index (χ1v) is 21.2. The third-order valence-corrected chi connectivity index (χ3v) is 14.0. The number of ether oxygens (including phenoxy) is 3. The molecular weight excluding hydrogens is 694 g/mol. The Morgan fingerprint density at radius 3 is 2.09 bits per heavy atom. The molecule has 4 aliphatic carbocycles. The normalized spacial score (nSPS) is 28.2. The van der Waals surface area contributed by atoms with Gasteiger partial charge in [-0.3, -0.25) is 19.0 Å². The summed E-state index contributed by atoms with van der Waals surface area (Å²) in [6.07, 6.45) is 24.2. The highest BCUT2D eigenvalue weighted by Gasteiger charge is 2.51. The molecule has 53 heavy (non-hydrogen) atoms. The predicted octanol–water partition coefficient (Wildman–Crippen LogP) is 9.41. The molecule has 0 unspecified atom stereocenters. The van der Waals surface area contributed by atoms with Crippen molar-refractivity contribution in [1.82, 2.24) is 19.5 Å². The zero-order chi connectivity index (χ0) is 37.1. The average molecular weight is 754 g/mol. The first-order chi connectivity index (χ1) is 25.6. The maximum atomic E-state index is 13.8. The Morgan fingerprint density at radius 2 is 1.47 bits per heavy atom. The van der Waals surface area contributed by atoms with Gasteiger partial charge in [-0.1, -0.05) is 58.3 Å². The topological polar surface area (TPSA) is 135 Å². The van der Waals surface area contributed by atoms with Gasteiger partial charge in [0.15, 0.2) is 17.0 Å². The first kappa shape index (κ1) is 38.5. The van der Waals surface area contributed by atoms with Crippen LogP contribution in [0.4, 0.5) is 5.82 Å². The molecule has 4 saturated carbocycles. The maximum Gasteiger partial charge on any atom is 0.309 e. The summed E-state index contributed by atoms with van der Waals surface area (Å²) in [5.74, 6) is -0.545. The Bertz CT molecular complexity index is 1600. The lowest BCUT2D eigenvalue weighted by Gasteiger charge is -2.38. The number of hydrogen-bond acceptors (Lipinski definition) is 9. The Morgan fingerprint density at radius 1 is 0.868 bits per heavy atom. The summed E-state index contributed by atoms with van der Waals surface area (Å²) in [6.45, 7) is 4.00. The summed E-state index contributed by atoms with van der Waals surface area (Å²) in [5, 5.41) is 2.86. The lowest BCUT2D eigenvalue weighted by molar-refractivity contribution is -0.180. The molecule has 1 saturated heterocycles. The van der Waals surface area contributed by atoms with E-state index in [1.807, 2.05) is 6.92 Å². The van der Waals surface area contributed by atoms with Gasteiger partial charge in [0, 0.05) is 12.8 Å². The highest BCUT2D eigenvalue weighted by Crippen LogP contribution is 2.52. The zero-order valence-corrected chi connectivity index (χ0v) is 32.7. The number of nitrogens with zero attached hydrogens (tertiary/aromatic N) is 4. The molecule has 2 spiro atoms. The van der Waals surface area contributed by atoms with E-state index in [9.17, 15) is 14.4 Å². The van der Waals surface area contributed by atoms with E-state index in [-0.39, 0.29) is 47.4 Å². The Labute approximate surface area is 319 Å². The number of carbonyl (C=O) groups excluding carboxylic acids is 3. The van der Waals surface area contributed by atoms with E-state index >= 15 is 0 Å². The standard InChI is InChI=1S/C41H60ClN5O6/c1-3-4-5-6-7-12-31(48)44-34-33-35(46-38(42)45-34)47(27-43-33)32-25-30(52-37(50)29-15-23-41(24-16-29)19-10-11-20-41)39(2,53-32)26-51-36(49)28-13-21-40(22-14-28)17-8-9-18-40/h27-30,32H,3-26H2,1-2H3,(H,44,45,46,48)/t30-,32+,39+/m0/s1. The number of hydrogen-bond donors (Lipinski definition) is 1.